The summed E-state index contributed by atoms with van der Waals surface area (Å²) in [6, 6.07) is 1.62. The van der Waals surface area contributed by atoms with Crippen LogP contribution in [-0.4, -0.2) is 33.4 Å². The van der Waals surface area contributed by atoms with E-state index in [0.717, 1.165) is 0 Å². The zero-order chi connectivity index (χ0) is 15.0. The molecule has 1 aliphatic heterocycles. The summed E-state index contributed by atoms with van der Waals surface area (Å²) in [4.78, 5) is 12.0. The molecule has 1 aliphatic carbocycles. The average molecular weight is 290 g/mol. The predicted molar refractivity (Wildman–Crippen MR) is 77.1 cm³/mol. The number of esters is 1. The van der Waals surface area contributed by atoms with E-state index in [0.29, 0.717) is 34.3 Å². The summed E-state index contributed by atoms with van der Waals surface area (Å²) in [5.74, 6) is 1.64. The molecule has 0 amide bonds. The number of carbonyl (C=O) groups excluding carboxylic acids is 1. The minimum atomic E-state index is -0.426. The number of carbonyl (C=O) groups is 1. The van der Waals surface area contributed by atoms with Crippen molar-refractivity contribution in [1.82, 2.24) is 0 Å². The highest BCUT2D eigenvalue weighted by molar-refractivity contribution is 5.96. The van der Waals surface area contributed by atoms with E-state index in [4.69, 9.17) is 18.9 Å². The van der Waals surface area contributed by atoms with E-state index < -0.39 is 5.97 Å². The van der Waals surface area contributed by atoms with Gasteiger partial charge in [0.1, 0.15) is 6.10 Å². The van der Waals surface area contributed by atoms with Crippen LogP contribution in [0.15, 0.2) is 12.1 Å². The molecule has 1 saturated carbocycles. The van der Waals surface area contributed by atoms with Crippen LogP contribution in [0.2, 0.25) is 0 Å². The predicted octanol–water partition coefficient (Wildman–Crippen LogP) is 2.67. The summed E-state index contributed by atoms with van der Waals surface area (Å²) in [5.41, 5.74) is 1.09. The molecule has 1 heterocycles. The van der Waals surface area contributed by atoms with Crippen molar-refractivity contribution in [2.75, 3.05) is 21.3 Å². The van der Waals surface area contributed by atoms with Crippen LogP contribution in [0.4, 0.5) is 0 Å². The van der Waals surface area contributed by atoms with Crippen molar-refractivity contribution in [1.29, 1.82) is 0 Å². The maximum atomic E-state index is 12.0. The average Bonchev–Trinajstić information content (AvgIpc) is 3.36. The van der Waals surface area contributed by atoms with Crippen LogP contribution in [0.3, 0.4) is 0 Å². The molecule has 0 saturated heterocycles. The Morgan fingerprint density at radius 2 is 2.00 bits per heavy atom. The second-order valence-corrected chi connectivity index (χ2v) is 5.17. The van der Waals surface area contributed by atoms with Crippen molar-refractivity contribution in [2.45, 2.75) is 18.9 Å². The lowest BCUT2D eigenvalue weighted by molar-refractivity contribution is 0.0599. The van der Waals surface area contributed by atoms with Gasteiger partial charge < -0.3 is 18.9 Å². The number of benzene rings is 1. The molecule has 0 N–H and O–H groups in total. The Morgan fingerprint density at radius 1 is 1.24 bits per heavy atom. The number of fused-ring (bicyclic) bond motifs is 1. The fourth-order valence-corrected chi connectivity index (χ4v) is 2.58. The Balaban J connectivity index is 2.13. The van der Waals surface area contributed by atoms with Gasteiger partial charge in [-0.1, -0.05) is 6.08 Å². The lowest BCUT2D eigenvalue weighted by atomic mass is 10.00. The Hall–Kier alpha value is -2.17. The number of methoxy groups -OCH3 is 3. The first-order valence-corrected chi connectivity index (χ1v) is 6.91. The first-order valence-electron chi connectivity index (χ1n) is 6.91. The molecule has 3 rings (SSSR count). The van der Waals surface area contributed by atoms with Gasteiger partial charge in [0.15, 0.2) is 11.5 Å². The Labute approximate surface area is 123 Å². The van der Waals surface area contributed by atoms with Crippen molar-refractivity contribution in [3.63, 3.8) is 0 Å². The second-order valence-electron chi connectivity index (χ2n) is 5.17. The van der Waals surface area contributed by atoms with Gasteiger partial charge in [-0.05, 0) is 30.9 Å². The standard InChI is InChI=1S/C16H18O5/c1-18-13-8-11(16(17)20-3)10-6-7-12(9-4-5-9)21-14(10)15(13)19-2/h6-9,12H,4-5H2,1-3H3. The highest BCUT2D eigenvalue weighted by atomic mass is 16.5. The highest BCUT2D eigenvalue weighted by Crippen LogP contribution is 2.47. The van der Waals surface area contributed by atoms with Gasteiger partial charge in [0.05, 0.1) is 26.9 Å². The fourth-order valence-electron chi connectivity index (χ4n) is 2.58. The van der Waals surface area contributed by atoms with Crippen LogP contribution >= 0.6 is 0 Å². The number of hydrogen-bond donors (Lipinski definition) is 0. The maximum absolute atomic E-state index is 12.0. The van der Waals surface area contributed by atoms with Gasteiger partial charge in [-0.15, -0.1) is 0 Å². The van der Waals surface area contributed by atoms with Crippen molar-refractivity contribution in [2.24, 2.45) is 5.92 Å². The molecular weight excluding hydrogens is 272 g/mol. The molecule has 1 aromatic rings. The Bertz CT molecular complexity index is 601. The Kier molecular flexibility index (Phi) is 3.49. The van der Waals surface area contributed by atoms with E-state index in [9.17, 15) is 4.79 Å². The molecule has 1 aromatic carbocycles. The number of rotatable bonds is 4. The quantitative estimate of drug-likeness (QED) is 0.798. The molecule has 112 valence electrons. The zero-order valence-electron chi connectivity index (χ0n) is 12.3. The molecule has 0 spiro atoms. The first kappa shape index (κ1) is 13.8. The number of ether oxygens (including phenoxy) is 4. The smallest absolute Gasteiger partial charge is 0.338 e. The summed E-state index contributed by atoms with van der Waals surface area (Å²) < 4.78 is 21.6. The van der Waals surface area contributed by atoms with Gasteiger partial charge >= 0.3 is 5.97 Å². The summed E-state index contributed by atoms with van der Waals surface area (Å²) >= 11 is 0. The van der Waals surface area contributed by atoms with Crippen LogP contribution in [0.1, 0.15) is 28.8 Å². The molecule has 0 radical (unpaired) electrons. The molecule has 21 heavy (non-hydrogen) atoms. The van der Waals surface area contributed by atoms with Crippen molar-refractivity contribution < 1.29 is 23.7 Å². The molecule has 0 aromatic heterocycles. The molecule has 2 aliphatic rings. The van der Waals surface area contributed by atoms with E-state index in [1.807, 2.05) is 12.2 Å². The second kappa shape index (κ2) is 5.31. The van der Waals surface area contributed by atoms with Gasteiger partial charge in [-0.3, -0.25) is 0 Å². The normalized spacial score (nSPS) is 19.5. The number of hydrogen-bond acceptors (Lipinski definition) is 5. The Morgan fingerprint density at radius 3 is 2.57 bits per heavy atom. The van der Waals surface area contributed by atoms with Gasteiger partial charge in [-0.2, -0.15) is 0 Å². The molecule has 1 unspecified atom stereocenters. The van der Waals surface area contributed by atoms with Gasteiger partial charge in [0.2, 0.25) is 5.75 Å². The van der Waals surface area contributed by atoms with Crippen molar-refractivity contribution in [3.8, 4) is 17.2 Å². The van der Waals surface area contributed by atoms with Gasteiger partial charge in [-0.25, -0.2) is 4.79 Å². The van der Waals surface area contributed by atoms with Crippen molar-refractivity contribution >= 4 is 12.0 Å². The van der Waals surface area contributed by atoms with Crippen LogP contribution in [0.25, 0.3) is 6.08 Å². The summed E-state index contributed by atoms with van der Waals surface area (Å²) in [7, 11) is 4.44. The summed E-state index contributed by atoms with van der Waals surface area (Å²) in [5, 5.41) is 0. The molecule has 5 heteroatoms. The third-order valence-electron chi connectivity index (χ3n) is 3.86. The monoisotopic (exact) mass is 290 g/mol. The molecule has 1 atom stereocenters. The third-order valence-corrected chi connectivity index (χ3v) is 3.86. The third kappa shape index (κ3) is 2.33. The zero-order valence-corrected chi connectivity index (χ0v) is 12.3. The minimum absolute atomic E-state index is 0.0315. The van der Waals surface area contributed by atoms with Crippen LogP contribution in [-0.2, 0) is 4.74 Å². The lowest BCUT2D eigenvalue weighted by Gasteiger charge is -2.25. The van der Waals surface area contributed by atoms with E-state index in [2.05, 4.69) is 0 Å². The van der Waals surface area contributed by atoms with Crippen molar-refractivity contribution in [3.05, 3.63) is 23.3 Å². The highest BCUT2D eigenvalue weighted by Gasteiger charge is 2.36. The van der Waals surface area contributed by atoms with E-state index in [-0.39, 0.29) is 6.10 Å². The molecule has 5 nitrogen and oxygen atoms in total. The topological polar surface area (TPSA) is 54.0 Å². The largest absolute Gasteiger partial charge is 0.493 e. The van der Waals surface area contributed by atoms with E-state index in [1.165, 1.54) is 27.1 Å². The van der Waals surface area contributed by atoms with Gasteiger partial charge in [0.25, 0.3) is 0 Å². The van der Waals surface area contributed by atoms with Crippen LogP contribution in [0, 0.1) is 5.92 Å². The van der Waals surface area contributed by atoms with E-state index >= 15 is 0 Å². The lowest BCUT2D eigenvalue weighted by Crippen LogP contribution is -2.21. The minimum Gasteiger partial charge on any atom is -0.493 e. The molecular formula is C16H18O5. The first-order chi connectivity index (χ1) is 10.2. The summed E-state index contributed by atoms with van der Waals surface area (Å²) in [6.07, 6.45) is 6.28. The SMILES string of the molecule is COC(=O)c1cc(OC)c(OC)c2c1C=CC(C1CC1)O2. The van der Waals surface area contributed by atoms with E-state index in [1.54, 1.807) is 13.2 Å². The maximum Gasteiger partial charge on any atom is 0.338 e. The molecule has 1 fully saturated rings. The fraction of sp³-hybridized carbons (Fsp3) is 0.438. The summed E-state index contributed by atoms with van der Waals surface area (Å²) in [6.45, 7) is 0. The van der Waals surface area contributed by atoms with Crippen LogP contribution < -0.4 is 14.2 Å². The molecule has 0 bridgehead atoms. The van der Waals surface area contributed by atoms with Crippen LogP contribution in [0.5, 0.6) is 17.2 Å². The van der Waals surface area contributed by atoms with Gasteiger partial charge in [0, 0.05) is 5.56 Å².